The Bertz CT molecular complexity index is 394. The maximum absolute atomic E-state index is 10.1. The first-order valence-corrected chi connectivity index (χ1v) is 5.73. The monoisotopic (exact) mass is 204 g/mol. The van der Waals surface area contributed by atoms with Gasteiger partial charge in [-0.3, -0.25) is 0 Å². The van der Waals surface area contributed by atoms with Gasteiger partial charge < -0.3 is 10.2 Å². The summed E-state index contributed by atoms with van der Waals surface area (Å²) < 4.78 is 0. The summed E-state index contributed by atoms with van der Waals surface area (Å²) in [4.78, 5) is 0. The maximum atomic E-state index is 10.1. The molecule has 1 spiro atoms. The van der Waals surface area contributed by atoms with E-state index >= 15 is 0 Å². The fraction of sp³-hybridized carbons (Fsp3) is 0.538. The summed E-state index contributed by atoms with van der Waals surface area (Å²) in [7, 11) is 0. The van der Waals surface area contributed by atoms with Gasteiger partial charge >= 0.3 is 0 Å². The number of hydrogen-bond donors (Lipinski definition) is 2. The second kappa shape index (κ2) is 2.99. The largest absolute Gasteiger partial charge is 0.508 e. The van der Waals surface area contributed by atoms with Gasteiger partial charge in [0.1, 0.15) is 5.75 Å². The van der Waals surface area contributed by atoms with Crippen molar-refractivity contribution >= 4 is 0 Å². The third kappa shape index (κ3) is 1.14. The molecular weight excluding hydrogens is 188 g/mol. The van der Waals surface area contributed by atoms with Gasteiger partial charge in [-0.05, 0) is 48.9 Å². The predicted molar refractivity (Wildman–Crippen MR) is 58.0 cm³/mol. The van der Waals surface area contributed by atoms with E-state index in [2.05, 4.69) is 0 Å². The maximum Gasteiger partial charge on any atom is 0.115 e. The molecule has 0 radical (unpaired) electrons. The van der Waals surface area contributed by atoms with Crippen LogP contribution in [0.3, 0.4) is 0 Å². The van der Waals surface area contributed by atoms with Crippen LogP contribution in [-0.4, -0.2) is 16.3 Å². The number of hydrogen-bond acceptors (Lipinski definition) is 2. The molecule has 2 aliphatic carbocycles. The Morgan fingerprint density at radius 3 is 2.73 bits per heavy atom. The average Bonchev–Trinajstić information content (AvgIpc) is 2.14. The summed E-state index contributed by atoms with van der Waals surface area (Å²) >= 11 is 0. The molecule has 0 bridgehead atoms. The summed E-state index contributed by atoms with van der Waals surface area (Å²) in [6.45, 7) is 0. The Hall–Kier alpha value is -1.02. The predicted octanol–water partition coefficient (Wildman–Crippen LogP) is 2.12. The highest BCUT2D eigenvalue weighted by Crippen LogP contribution is 2.51. The van der Waals surface area contributed by atoms with Gasteiger partial charge in [0.25, 0.3) is 0 Å². The van der Waals surface area contributed by atoms with E-state index in [-0.39, 0.29) is 11.5 Å². The molecule has 3 rings (SSSR count). The molecule has 80 valence electrons. The molecule has 0 saturated heterocycles. The van der Waals surface area contributed by atoms with E-state index in [9.17, 15) is 10.2 Å². The van der Waals surface area contributed by atoms with Crippen LogP contribution in [0.1, 0.15) is 36.8 Å². The van der Waals surface area contributed by atoms with Crippen molar-refractivity contribution in [2.24, 2.45) is 0 Å². The van der Waals surface area contributed by atoms with Gasteiger partial charge in [-0.1, -0.05) is 12.5 Å². The van der Waals surface area contributed by atoms with E-state index in [0.717, 1.165) is 25.7 Å². The van der Waals surface area contributed by atoms with Gasteiger partial charge in [-0.15, -0.1) is 0 Å². The van der Waals surface area contributed by atoms with Crippen molar-refractivity contribution in [2.75, 3.05) is 0 Å². The molecule has 2 nitrogen and oxygen atoms in total. The van der Waals surface area contributed by atoms with E-state index in [4.69, 9.17) is 0 Å². The molecule has 1 saturated carbocycles. The molecule has 1 unspecified atom stereocenters. The van der Waals surface area contributed by atoms with Crippen molar-refractivity contribution in [1.82, 2.24) is 0 Å². The second-order valence-corrected chi connectivity index (χ2v) is 4.91. The van der Waals surface area contributed by atoms with E-state index in [1.807, 2.05) is 12.1 Å². The van der Waals surface area contributed by atoms with Crippen LogP contribution in [0, 0.1) is 0 Å². The van der Waals surface area contributed by atoms with Gasteiger partial charge in [0.2, 0.25) is 0 Å². The topological polar surface area (TPSA) is 40.5 Å². The van der Waals surface area contributed by atoms with Crippen LogP contribution in [0.15, 0.2) is 18.2 Å². The van der Waals surface area contributed by atoms with E-state index < -0.39 is 0 Å². The summed E-state index contributed by atoms with van der Waals surface area (Å²) in [6, 6.07) is 5.62. The van der Waals surface area contributed by atoms with Crippen LogP contribution < -0.4 is 0 Å². The lowest BCUT2D eigenvalue weighted by atomic mass is 9.57. The van der Waals surface area contributed by atoms with Crippen molar-refractivity contribution < 1.29 is 10.2 Å². The number of aliphatic hydroxyl groups is 1. The minimum atomic E-state index is -0.208. The fourth-order valence-corrected chi connectivity index (χ4v) is 3.15. The molecule has 1 aromatic carbocycles. The smallest absolute Gasteiger partial charge is 0.115 e. The summed E-state index contributed by atoms with van der Waals surface area (Å²) in [5.74, 6) is 0.328. The second-order valence-electron chi connectivity index (χ2n) is 4.91. The zero-order valence-electron chi connectivity index (χ0n) is 8.74. The highest BCUT2D eigenvalue weighted by molar-refractivity contribution is 5.44. The molecule has 1 atom stereocenters. The number of fused-ring (bicyclic) bond motifs is 2. The van der Waals surface area contributed by atoms with Crippen molar-refractivity contribution in [1.29, 1.82) is 0 Å². The molecule has 2 N–H and O–H groups in total. The molecule has 0 aliphatic heterocycles. The van der Waals surface area contributed by atoms with Gasteiger partial charge in [0.15, 0.2) is 0 Å². The first-order valence-electron chi connectivity index (χ1n) is 5.73. The summed E-state index contributed by atoms with van der Waals surface area (Å²) in [6.07, 6.45) is 4.96. The minimum Gasteiger partial charge on any atom is -0.508 e. The number of aryl methyl sites for hydroxylation is 1. The lowest BCUT2D eigenvalue weighted by Crippen LogP contribution is -2.48. The highest BCUT2D eigenvalue weighted by Gasteiger charge is 2.47. The molecule has 2 heteroatoms. The van der Waals surface area contributed by atoms with E-state index in [0.29, 0.717) is 5.75 Å². The zero-order valence-corrected chi connectivity index (χ0v) is 8.74. The Morgan fingerprint density at radius 2 is 2.07 bits per heavy atom. The van der Waals surface area contributed by atoms with Crippen LogP contribution in [0.4, 0.5) is 0 Å². The number of phenolic OH excluding ortho intramolecular Hbond substituents is 1. The number of benzene rings is 1. The first kappa shape index (κ1) is 9.22. The van der Waals surface area contributed by atoms with Crippen molar-refractivity contribution in [2.45, 2.75) is 43.6 Å². The summed E-state index contributed by atoms with van der Waals surface area (Å²) in [5, 5.41) is 19.7. The third-order valence-corrected chi connectivity index (χ3v) is 4.20. The minimum absolute atomic E-state index is 0.0215. The van der Waals surface area contributed by atoms with Crippen LogP contribution in [0.5, 0.6) is 5.75 Å². The Balaban J connectivity index is 2.14. The van der Waals surface area contributed by atoms with Gasteiger partial charge in [0.05, 0.1) is 6.10 Å². The number of aliphatic hydroxyl groups excluding tert-OH is 1. The molecule has 0 heterocycles. The van der Waals surface area contributed by atoms with Crippen molar-refractivity contribution in [3.63, 3.8) is 0 Å². The van der Waals surface area contributed by atoms with Gasteiger partial charge in [-0.2, -0.15) is 0 Å². The zero-order chi connectivity index (χ0) is 10.5. The highest BCUT2D eigenvalue weighted by atomic mass is 16.3. The Labute approximate surface area is 89.6 Å². The number of aromatic hydroxyl groups is 1. The van der Waals surface area contributed by atoms with Crippen molar-refractivity contribution in [3.05, 3.63) is 29.3 Å². The van der Waals surface area contributed by atoms with Crippen LogP contribution >= 0.6 is 0 Å². The lowest BCUT2D eigenvalue weighted by molar-refractivity contribution is 0.0143. The lowest BCUT2D eigenvalue weighted by Gasteiger charge is -2.49. The van der Waals surface area contributed by atoms with Crippen LogP contribution in [-0.2, 0) is 11.8 Å². The van der Waals surface area contributed by atoms with E-state index in [1.54, 1.807) is 6.07 Å². The molecule has 0 aromatic heterocycles. The van der Waals surface area contributed by atoms with Crippen LogP contribution in [0.25, 0.3) is 0 Å². The molecule has 2 aliphatic rings. The molecule has 1 aromatic rings. The molecule has 15 heavy (non-hydrogen) atoms. The SMILES string of the molecule is Oc1ccc2c(c1)C1(CCC1)C(O)CC2. The average molecular weight is 204 g/mol. The third-order valence-electron chi connectivity index (χ3n) is 4.20. The Morgan fingerprint density at radius 1 is 1.27 bits per heavy atom. The quantitative estimate of drug-likeness (QED) is 0.679. The number of rotatable bonds is 0. The molecular formula is C13H16O2. The number of phenols is 1. The van der Waals surface area contributed by atoms with Gasteiger partial charge in [-0.25, -0.2) is 0 Å². The normalized spacial score (nSPS) is 27.1. The Kier molecular flexibility index (Phi) is 1.84. The van der Waals surface area contributed by atoms with Crippen LogP contribution in [0.2, 0.25) is 0 Å². The summed E-state index contributed by atoms with van der Waals surface area (Å²) in [5.41, 5.74) is 2.50. The first-order chi connectivity index (χ1) is 7.22. The van der Waals surface area contributed by atoms with Gasteiger partial charge in [0, 0.05) is 5.41 Å². The molecule has 1 fully saturated rings. The standard InChI is InChI=1S/C13H16O2/c14-10-4-2-9-3-5-12(15)13(6-1-7-13)11(9)8-10/h2,4,8,12,14-15H,1,3,5-7H2. The molecule has 0 amide bonds. The fourth-order valence-electron chi connectivity index (χ4n) is 3.15. The van der Waals surface area contributed by atoms with Crippen molar-refractivity contribution in [3.8, 4) is 5.75 Å². The van der Waals surface area contributed by atoms with E-state index in [1.165, 1.54) is 17.5 Å².